The molecule has 114 valence electrons. The highest BCUT2D eigenvalue weighted by Crippen LogP contribution is 2.32. The van der Waals surface area contributed by atoms with Crippen LogP contribution in [0.25, 0.3) is 11.0 Å². The molecule has 2 heterocycles. The van der Waals surface area contributed by atoms with Crippen molar-refractivity contribution in [2.75, 3.05) is 10.2 Å². The van der Waals surface area contributed by atoms with E-state index in [4.69, 9.17) is 0 Å². The molecule has 0 aliphatic carbocycles. The number of hydrogen-bond donors (Lipinski definition) is 1. The van der Waals surface area contributed by atoms with E-state index < -0.39 is 0 Å². The Morgan fingerprint density at radius 2 is 1.91 bits per heavy atom. The molecular weight excluding hydrogens is 288 g/mol. The first-order valence-electron chi connectivity index (χ1n) is 7.61. The molecule has 1 N–H and O–H groups in total. The van der Waals surface area contributed by atoms with Crippen molar-refractivity contribution in [3.8, 4) is 0 Å². The van der Waals surface area contributed by atoms with E-state index in [0.717, 1.165) is 28.8 Å². The molecule has 0 spiro atoms. The Bertz CT molecular complexity index is 893. The van der Waals surface area contributed by atoms with Gasteiger partial charge in [-0.05, 0) is 43.2 Å². The fraction of sp³-hybridized carbons (Fsp3) is 0.167. The fourth-order valence-electron chi connectivity index (χ4n) is 3.10. The third-order valence-corrected chi connectivity index (χ3v) is 4.15. The molecule has 2 amide bonds. The lowest BCUT2D eigenvalue weighted by Gasteiger charge is -2.23. The molecule has 4 rings (SSSR count). The molecule has 3 aromatic rings. The van der Waals surface area contributed by atoms with Crippen LogP contribution in [0.15, 0.2) is 54.9 Å². The summed E-state index contributed by atoms with van der Waals surface area (Å²) >= 11 is 0. The Kier molecular flexibility index (Phi) is 3.19. The highest BCUT2D eigenvalue weighted by molar-refractivity contribution is 6.04. The van der Waals surface area contributed by atoms with E-state index in [1.165, 1.54) is 5.56 Å². The summed E-state index contributed by atoms with van der Waals surface area (Å²) in [6.45, 7) is 2.06. The van der Waals surface area contributed by atoms with Crippen LogP contribution in [0.5, 0.6) is 0 Å². The molecule has 1 unspecified atom stereocenters. The molecule has 2 aromatic carbocycles. The second-order valence-corrected chi connectivity index (χ2v) is 5.74. The van der Waals surface area contributed by atoms with E-state index in [-0.39, 0.29) is 12.1 Å². The molecule has 23 heavy (non-hydrogen) atoms. The van der Waals surface area contributed by atoms with Gasteiger partial charge in [0.2, 0.25) is 0 Å². The van der Waals surface area contributed by atoms with E-state index in [1.54, 1.807) is 12.4 Å². The zero-order valence-electron chi connectivity index (χ0n) is 12.7. The topological polar surface area (TPSA) is 58.1 Å². The van der Waals surface area contributed by atoms with Crippen molar-refractivity contribution in [3.63, 3.8) is 0 Å². The van der Waals surface area contributed by atoms with Gasteiger partial charge in [-0.2, -0.15) is 0 Å². The Balaban J connectivity index is 1.62. The minimum absolute atomic E-state index is 0.120. The van der Waals surface area contributed by atoms with Crippen LogP contribution in [0.1, 0.15) is 12.5 Å². The number of carbonyl (C=O) groups is 1. The second-order valence-electron chi connectivity index (χ2n) is 5.74. The lowest BCUT2D eigenvalue weighted by atomic mass is 10.1. The van der Waals surface area contributed by atoms with Crippen molar-refractivity contribution in [2.45, 2.75) is 19.4 Å². The summed E-state index contributed by atoms with van der Waals surface area (Å²) in [7, 11) is 0. The van der Waals surface area contributed by atoms with Gasteiger partial charge in [0.25, 0.3) is 0 Å². The highest BCUT2D eigenvalue weighted by Gasteiger charge is 2.30. The van der Waals surface area contributed by atoms with Crippen molar-refractivity contribution in [1.29, 1.82) is 0 Å². The molecule has 0 radical (unpaired) electrons. The van der Waals surface area contributed by atoms with E-state index >= 15 is 0 Å². The first-order chi connectivity index (χ1) is 11.2. The van der Waals surface area contributed by atoms with E-state index in [0.29, 0.717) is 0 Å². The number of amides is 2. The number of anilines is 2. The average molecular weight is 304 g/mol. The maximum absolute atomic E-state index is 12.7. The molecule has 0 bridgehead atoms. The van der Waals surface area contributed by atoms with Gasteiger partial charge in [-0.1, -0.05) is 18.2 Å². The SMILES string of the molecule is CC1Cc2ccccc2N1C(=O)Nc1ccc2nccnc2c1. The van der Waals surface area contributed by atoms with Crippen molar-refractivity contribution in [2.24, 2.45) is 0 Å². The molecule has 5 nitrogen and oxygen atoms in total. The van der Waals surface area contributed by atoms with Gasteiger partial charge < -0.3 is 5.32 Å². The van der Waals surface area contributed by atoms with Crippen molar-refractivity contribution >= 4 is 28.4 Å². The molecular formula is C18H16N4O. The van der Waals surface area contributed by atoms with Crippen LogP contribution < -0.4 is 10.2 Å². The molecule has 1 aromatic heterocycles. The maximum Gasteiger partial charge on any atom is 0.326 e. The first-order valence-corrected chi connectivity index (χ1v) is 7.61. The summed E-state index contributed by atoms with van der Waals surface area (Å²) < 4.78 is 0. The van der Waals surface area contributed by atoms with Crippen LogP contribution in [-0.4, -0.2) is 22.0 Å². The predicted molar refractivity (Wildman–Crippen MR) is 90.6 cm³/mol. The smallest absolute Gasteiger partial charge is 0.307 e. The van der Waals surface area contributed by atoms with Gasteiger partial charge in [-0.25, -0.2) is 4.79 Å². The van der Waals surface area contributed by atoms with E-state index in [1.807, 2.05) is 41.3 Å². The standard InChI is InChI=1S/C18H16N4O/c1-12-10-13-4-2-3-5-17(13)22(12)18(23)21-14-6-7-15-16(11-14)20-9-8-19-15/h2-9,11-12H,10H2,1H3,(H,21,23). The number of hydrogen-bond acceptors (Lipinski definition) is 3. The third kappa shape index (κ3) is 2.40. The molecule has 5 heteroatoms. The lowest BCUT2D eigenvalue weighted by Crippen LogP contribution is -2.39. The molecule has 1 aliphatic rings. The molecule has 1 aliphatic heterocycles. The monoisotopic (exact) mass is 304 g/mol. The highest BCUT2D eigenvalue weighted by atomic mass is 16.2. The van der Waals surface area contributed by atoms with Gasteiger partial charge in [0, 0.05) is 29.8 Å². The van der Waals surface area contributed by atoms with Gasteiger partial charge in [0.15, 0.2) is 0 Å². The van der Waals surface area contributed by atoms with Crippen LogP contribution in [0.3, 0.4) is 0 Å². The van der Waals surface area contributed by atoms with Gasteiger partial charge >= 0.3 is 6.03 Å². The van der Waals surface area contributed by atoms with Gasteiger partial charge in [-0.3, -0.25) is 14.9 Å². The molecule has 1 atom stereocenters. The Hall–Kier alpha value is -2.95. The predicted octanol–water partition coefficient (Wildman–Crippen LogP) is 3.61. The minimum atomic E-state index is -0.120. The molecule has 0 saturated heterocycles. The largest absolute Gasteiger partial charge is 0.326 e. The van der Waals surface area contributed by atoms with Crippen molar-refractivity contribution < 1.29 is 4.79 Å². The van der Waals surface area contributed by atoms with Crippen LogP contribution in [-0.2, 0) is 6.42 Å². The number of nitrogens with zero attached hydrogens (tertiary/aromatic N) is 3. The second kappa shape index (κ2) is 5.35. The molecule has 0 fully saturated rings. The van der Waals surface area contributed by atoms with Crippen molar-refractivity contribution in [3.05, 3.63) is 60.4 Å². The quantitative estimate of drug-likeness (QED) is 0.747. The van der Waals surface area contributed by atoms with Crippen LogP contribution in [0, 0.1) is 0 Å². The summed E-state index contributed by atoms with van der Waals surface area (Å²) in [5.74, 6) is 0. The normalized spacial score (nSPS) is 16.4. The number of benzene rings is 2. The van der Waals surface area contributed by atoms with Crippen molar-refractivity contribution in [1.82, 2.24) is 9.97 Å². The maximum atomic E-state index is 12.7. The average Bonchev–Trinajstić information content (AvgIpc) is 2.90. The number of carbonyl (C=O) groups excluding carboxylic acids is 1. The van der Waals surface area contributed by atoms with Crippen LogP contribution in [0.2, 0.25) is 0 Å². The van der Waals surface area contributed by atoms with Gasteiger partial charge in [0.05, 0.1) is 11.0 Å². The number of rotatable bonds is 1. The fourth-order valence-corrected chi connectivity index (χ4v) is 3.10. The zero-order valence-corrected chi connectivity index (χ0v) is 12.7. The number of nitrogens with one attached hydrogen (secondary N) is 1. The first kappa shape index (κ1) is 13.7. The lowest BCUT2D eigenvalue weighted by molar-refractivity contribution is 0.256. The minimum Gasteiger partial charge on any atom is -0.307 e. The van der Waals surface area contributed by atoms with E-state index in [9.17, 15) is 4.79 Å². The van der Waals surface area contributed by atoms with Crippen LogP contribution in [0.4, 0.5) is 16.2 Å². The summed E-state index contributed by atoms with van der Waals surface area (Å²) in [6, 6.07) is 13.6. The Morgan fingerprint density at radius 1 is 1.13 bits per heavy atom. The summed E-state index contributed by atoms with van der Waals surface area (Å²) in [5.41, 5.74) is 4.49. The number of aromatic nitrogens is 2. The Labute approximate surface area is 134 Å². The van der Waals surface area contributed by atoms with E-state index in [2.05, 4.69) is 28.3 Å². The van der Waals surface area contributed by atoms with Gasteiger partial charge in [-0.15, -0.1) is 0 Å². The third-order valence-electron chi connectivity index (χ3n) is 4.15. The van der Waals surface area contributed by atoms with Gasteiger partial charge in [0.1, 0.15) is 0 Å². The number of para-hydroxylation sites is 1. The summed E-state index contributed by atoms with van der Waals surface area (Å²) in [6.07, 6.45) is 4.18. The molecule has 0 saturated carbocycles. The zero-order chi connectivity index (χ0) is 15.8. The number of urea groups is 1. The Morgan fingerprint density at radius 3 is 2.78 bits per heavy atom. The number of fused-ring (bicyclic) bond motifs is 2. The summed E-state index contributed by atoms with van der Waals surface area (Å²) in [4.78, 5) is 23.0. The van der Waals surface area contributed by atoms with Crippen LogP contribution >= 0.6 is 0 Å². The summed E-state index contributed by atoms with van der Waals surface area (Å²) in [5, 5.41) is 2.97.